The maximum absolute atomic E-state index is 13.4. The van der Waals surface area contributed by atoms with Crippen LogP contribution in [0.3, 0.4) is 0 Å². The number of anilines is 1. The molecule has 1 aromatic heterocycles. The standard InChI is InChI=1S/C24H33N3O3/c1-17(2)27(20-9-6-5-7-10-20)24(28)18-12-13-19(22(15-18)29-3)16-26-21-11-8-14-25-23(21)30-4/h8,11-15,17,20,26H,5-7,9-10,16H2,1-4H3. The molecule has 1 aliphatic carbocycles. The lowest BCUT2D eigenvalue weighted by Crippen LogP contribution is -2.45. The van der Waals surface area contributed by atoms with Crippen molar-refractivity contribution < 1.29 is 14.3 Å². The molecule has 0 spiro atoms. The van der Waals surface area contributed by atoms with E-state index < -0.39 is 0 Å². The SMILES string of the molecule is COc1cc(C(=O)N(C(C)C)C2CCCCC2)ccc1CNc1cccnc1OC. The first-order chi connectivity index (χ1) is 14.5. The first-order valence-corrected chi connectivity index (χ1v) is 10.8. The Morgan fingerprint density at radius 3 is 2.60 bits per heavy atom. The maximum Gasteiger partial charge on any atom is 0.254 e. The summed E-state index contributed by atoms with van der Waals surface area (Å²) in [5, 5.41) is 3.33. The lowest BCUT2D eigenvalue weighted by atomic mass is 9.92. The Labute approximate surface area is 179 Å². The van der Waals surface area contributed by atoms with Gasteiger partial charge in [-0.2, -0.15) is 0 Å². The number of hydrogen-bond acceptors (Lipinski definition) is 5. The quantitative estimate of drug-likeness (QED) is 0.670. The fourth-order valence-electron chi connectivity index (χ4n) is 4.23. The fourth-order valence-corrected chi connectivity index (χ4v) is 4.23. The monoisotopic (exact) mass is 411 g/mol. The highest BCUT2D eigenvalue weighted by Crippen LogP contribution is 2.28. The minimum Gasteiger partial charge on any atom is -0.496 e. The predicted octanol–water partition coefficient (Wildman–Crippen LogP) is 4.89. The minimum absolute atomic E-state index is 0.0867. The van der Waals surface area contributed by atoms with E-state index in [-0.39, 0.29) is 11.9 Å². The Balaban J connectivity index is 1.77. The van der Waals surface area contributed by atoms with Crippen LogP contribution in [0.4, 0.5) is 5.69 Å². The molecule has 6 heteroatoms. The van der Waals surface area contributed by atoms with Crippen LogP contribution in [-0.2, 0) is 6.54 Å². The smallest absolute Gasteiger partial charge is 0.254 e. The van der Waals surface area contributed by atoms with Crippen LogP contribution in [0.2, 0.25) is 0 Å². The van der Waals surface area contributed by atoms with Crippen molar-refractivity contribution in [2.45, 2.75) is 64.6 Å². The van der Waals surface area contributed by atoms with Crippen LogP contribution in [-0.4, -0.2) is 42.1 Å². The van der Waals surface area contributed by atoms with Crippen molar-refractivity contribution in [2.24, 2.45) is 0 Å². The Morgan fingerprint density at radius 2 is 1.93 bits per heavy atom. The van der Waals surface area contributed by atoms with Crippen molar-refractivity contribution >= 4 is 11.6 Å². The highest BCUT2D eigenvalue weighted by Gasteiger charge is 2.28. The molecule has 1 aromatic carbocycles. The zero-order chi connectivity index (χ0) is 21.5. The van der Waals surface area contributed by atoms with E-state index >= 15 is 0 Å². The number of nitrogens with zero attached hydrogens (tertiary/aromatic N) is 2. The molecule has 0 unspecified atom stereocenters. The summed E-state index contributed by atoms with van der Waals surface area (Å²) >= 11 is 0. The third-order valence-electron chi connectivity index (χ3n) is 5.73. The number of rotatable bonds is 8. The summed E-state index contributed by atoms with van der Waals surface area (Å²) in [7, 11) is 3.24. The summed E-state index contributed by atoms with van der Waals surface area (Å²) < 4.78 is 10.9. The fraction of sp³-hybridized carbons (Fsp3) is 0.500. The van der Waals surface area contributed by atoms with Crippen LogP contribution in [0.5, 0.6) is 11.6 Å². The number of methoxy groups -OCH3 is 2. The molecule has 6 nitrogen and oxygen atoms in total. The zero-order valence-corrected chi connectivity index (χ0v) is 18.5. The molecule has 1 fully saturated rings. The topological polar surface area (TPSA) is 63.7 Å². The summed E-state index contributed by atoms with van der Waals surface area (Å²) in [6.45, 7) is 4.74. The van der Waals surface area contributed by atoms with E-state index in [2.05, 4.69) is 29.0 Å². The number of pyridine rings is 1. The van der Waals surface area contributed by atoms with Gasteiger partial charge in [-0.05, 0) is 51.0 Å². The molecule has 1 saturated carbocycles. The molecule has 162 valence electrons. The molecule has 3 rings (SSSR count). The van der Waals surface area contributed by atoms with Gasteiger partial charge in [0.2, 0.25) is 5.88 Å². The first-order valence-electron chi connectivity index (χ1n) is 10.8. The molecule has 2 aromatic rings. The highest BCUT2D eigenvalue weighted by atomic mass is 16.5. The molecule has 0 atom stereocenters. The molecule has 1 aliphatic rings. The molecular weight excluding hydrogens is 378 g/mol. The van der Waals surface area contributed by atoms with E-state index in [0.717, 1.165) is 24.1 Å². The average molecular weight is 412 g/mol. The molecular formula is C24H33N3O3. The van der Waals surface area contributed by atoms with Gasteiger partial charge in [0, 0.05) is 36.0 Å². The molecule has 0 bridgehead atoms. The van der Waals surface area contributed by atoms with E-state index in [1.165, 1.54) is 19.3 Å². The largest absolute Gasteiger partial charge is 0.496 e. The molecule has 1 heterocycles. The summed E-state index contributed by atoms with van der Waals surface area (Å²) in [4.78, 5) is 19.6. The Kier molecular flexibility index (Phi) is 7.55. The van der Waals surface area contributed by atoms with Gasteiger partial charge in [-0.3, -0.25) is 4.79 Å². The molecule has 30 heavy (non-hydrogen) atoms. The summed E-state index contributed by atoms with van der Waals surface area (Å²) in [5.74, 6) is 1.33. The van der Waals surface area contributed by atoms with Crippen molar-refractivity contribution in [3.63, 3.8) is 0 Å². The van der Waals surface area contributed by atoms with E-state index in [0.29, 0.717) is 29.8 Å². The summed E-state index contributed by atoms with van der Waals surface area (Å²) in [6.07, 6.45) is 7.55. The molecule has 0 saturated heterocycles. The second-order valence-electron chi connectivity index (χ2n) is 8.04. The van der Waals surface area contributed by atoms with Gasteiger partial charge < -0.3 is 19.7 Å². The van der Waals surface area contributed by atoms with Crippen LogP contribution >= 0.6 is 0 Å². The van der Waals surface area contributed by atoms with Gasteiger partial charge in [0.1, 0.15) is 5.75 Å². The number of carbonyl (C=O) groups excluding carboxylic acids is 1. The van der Waals surface area contributed by atoms with E-state index in [4.69, 9.17) is 9.47 Å². The zero-order valence-electron chi connectivity index (χ0n) is 18.5. The third-order valence-corrected chi connectivity index (χ3v) is 5.73. The van der Waals surface area contributed by atoms with Gasteiger partial charge in [0.05, 0.1) is 19.9 Å². The van der Waals surface area contributed by atoms with Crippen LogP contribution in [0.15, 0.2) is 36.5 Å². The Hall–Kier alpha value is -2.76. The summed E-state index contributed by atoms with van der Waals surface area (Å²) in [6, 6.07) is 10.00. The highest BCUT2D eigenvalue weighted by molar-refractivity contribution is 5.95. The number of nitrogens with one attached hydrogen (secondary N) is 1. The van der Waals surface area contributed by atoms with Gasteiger partial charge >= 0.3 is 0 Å². The minimum atomic E-state index is 0.0867. The van der Waals surface area contributed by atoms with Gasteiger partial charge in [0.25, 0.3) is 5.91 Å². The third kappa shape index (κ3) is 5.04. The number of amides is 1. The summed E-state index contributed by atoms with van der Waals surface area (Å²) in [5.41, 5.74) is 2.45. The molecule has 0 radical (unpaired) electrons. The number of ether oxygens (including phenoxy) is 2. The second kappa shape index (κ2) is 10.3. The lowest BCUT2D eigenvalue weighted by Gasteiger charge is -2.37. The molecule has 0 aliphatic heterocycles. The van der Waals surface area contributed by atoms with Crippen molar-refractivity contribution in [1.82, 2.24) is 9.88 Å². The van der Waals surface area contributed by atoms with Crippen molar-refractivity contribution in [2.75, 3.05) is 19.5 Å². The van der Waals surface area contributed by atoms with Crippen LogP contribution in [0.1, 0.15) is 61.9 Å². The van der Waals surface area contributed by atoms with Crippen molar-refractivity contribution in [3.05, 3.63) is 47.7 Å². The van der Waals surface area contributed by atoms with Crippen molar-refractivity contribution in [3.8, 4) is 11.6 Å². The van der Waals surface area contributed by atoms with Gasteiger partial charge in [0.15, 0.2) is 0 Å². The van der Waals surface area contributed by atoms with Gasteiger partial charge in [-0.15, -0.1) is 0 Å². The first kappa shape index (κ1) is 21.9. The lowest BCUT2D eigenvalue weighted by molar-refractivity contribution is 0.0555. The molecule has 1 amide bonds. The van der Waals surface area contributed by atoms with Gasteiger partial charge in [-0.1, -0.05) is 25.3 Å². The number of benzene rings is 1. The average Bonchev–Trinajstić information content (AvgIpc) is 2.78. The number of hydrogen-bond donors (Lipinski definition) is 1. The Morgan fingerprint density at radius 1 is 1.17 bits per heavy atom. The normalized spacial score (nSPS) is 14.4. The van der Waals surface area contributed by atoms with Crippen LogP contribution < -0.4 is 14.8 Å². The molecule has 1 N–H and O–H groups in total. The van der Waals surface area contributed by atoms with Crippen LogP contribution in [0.25, 0.3) is 0 Å². The van der Waals surface area contributed by atoms with E-state index in [1.54, 1.807) is 20.4 Å². The number of carbonyl (C=O) groups is 1. The van der Waals surface area contributed by atoms with Gasteiger partial charge in [-0.25, -0.2) is 4.98 Å². The maximum atomic E-state index is 13.4. The second-order valence-corrected chi connectivity index (χ2v) is 8.04. The van der Waals surface area contributed by atoms with Crippen LogP contribution in [0, 0.1) is 0 Å². The van der Waals surface area contributed by atoms with E-state index in [1.807, 2.05) is 30.3 Å². The Bertz CT molecular complexity index is 847. The number of aromatic nitrogens is 1. The predicted molar refractivity (Wildman–Crippen MR) is 119 cm³/mol. The van der Waals surface area contributed by atoms with E-state index in [9.17, 15) is 4.79 Å². The van der Waals surface area contributed by atoms with Crippen molar-refractivity contribution in [1.29, 1.82) is 0 Å².